The lowest BCUT2D eigenvalue weighted by Gasteiger charge is -2.19. The van der Waals surface area contributed by atoms with E-state index in [1.54, 1.807) is 34.5 Å². The summed E-state index contributed by atoms with van der Waals surface area (Å²) in [5, 5.41) is 9.62. The van der Waals surface area contributed by atoms with Gasteiger partial charge in [-0.05, 0) is 76.8 Å². The molecule has 4 aromatic carbocycles. The van der Waals surface area contributed by atoms with Crippen molar-refractivity contribution in [3.63, 3.8) is 0 Å². The maximum atomic E-state index is 12.1. The van der Waals surface area contributed by atoms with E-state index in [0.29, 0.717) is 28.6 Å². The first-order valence-electron chi connectivity index (χ1n) is 14.6. The van der Waals surface area contributed by atoms with Gasteiger partial charge in [0, 0.05) is 0 Å². The van der Waals surface area contributed by atoms with Gasteiger partial charge >= 0.3 is 5.97 Å². The fraction of sp³-hybridized carbons (Fsp3) is 0.324. The Labute approximate surface area is 261 Å². The van der Waals surface area contributed by atoms with Crippen LogP contribution in [0.15, 0.2) is 84.9 Å². The minimum atomic E-state index is -0.374. The molecular weight excluding hydrogens is 556 g/mol. The Morgan fingerprint density at radius 2 is 1.02 bits per heavy atom. The van der Waals surface area contributed by atoms with E-state index < -0.39 is 0 Å². The molecule has 0 aromatic heterocycles. The first-order valence-corrected chi connectivity index (χ1v) is 14.6. The summed E-state index contributed by atoms with van der Waals surface area (Å²) in [5.74, 6) is 2.52. The summed E-state index contributed by atoms with van der Waals surface area (Å²) >= 11 is 0. The summed E-state index contributed by atoms with van der Waals surface area (Å²) in [5.41, 5.74) is 5.87. The van der Waals surface area contributed by atoms with Gasteiger partial charge in [0.25, 0.3) is 0 Å². The van der Waals surface area contributed by atoms with Gasteiger partial charge in [-0.3, -0.25) is 0 Å². The van der Waals surface area contributed by atoms with Crippen LogP contribution in [0.3, 0.4) is 0 Å². The zero-order valence-corrected chi connectivity index (χ0v) is 26.8. The van der Waals surface area contributed by atoms with Crippen LogP contribution in [0.1, 0.15) is 63.9 Å². The number of esters is 1. The lowest BCUT2D eigenvalue weighted by molar-refractivity contribution is 0.0598. The smallest absolute Gasteiger partial charge is 0.338 e. The Kier molecular flexibility index (Phi) is 13.1. The van der Waals surface area contributed by atoms with Crippen molar-refractivity contribution in [3.8, 4) is 23.0 Å². The fourth-order valence-corrected chi connectivity index (χ4v) is 5.28. The molecule has 4 rings (SSSR count). The van der Waals surface area contributed by atoms with Crippen molar-refractivity contribution in [2.24, 2.45) is 0 Å². The first-order chi connectivity index (χ1) is 21.3. The number of hydrogen-bond acceptors (Lipinski definition) is 7. The maximum absolute atomic E-state index is 12.1. The van der Waals surface area contributed by atoms with Crippen LogP contribution in [-0.4, -0.2) is 46.6 Å². The molecule has 234 valence electrons. The van der Waals surface area contributed by atoms with Crippen molar-refractivity contribution in [1.82, 2.24) is 0 Å². The standard InChI is InChI=1S/C19H22O4.C18H22O3/c1-13(10-14-8-6-5-7-9-14)15-11-17(21-2)18(22-3)12-16(15)19(20)23-4;1-13(9-14-7-5-4-6-8-14)16-11-18(21-3)17(20-2)10-15(16)12-19/h5-9,11-13H,10H2,1-4H3;4-8,10-11,13,19H,9,12H2,1-3H3. The molecule has 7 heteroatoms. The highest BCUT2D eigenvalue weighted by Gasteiger charge is 2.21. The molecule has 0 saturated heterocycles. The molecule has 0 fully saturated rings. The van der Waals surface area contributed by atoms with Crippen LogP contribution in [0.5, 0.6) is 23.0 Å². The Hall–Kier alpha value is -4.49. The molecule has 4 aromatic rings. The average molecular weight is 601 g/mol. The van der Waals surface area contributed by atoms with E-state index in [4.69, 9.17) is 23.7 Å². The number of rotatable bonds is 12. The van der Waals surface area contributed by atoms with Crippen molar-refractivity contribution >= 4 is 5.97 Å². The van der Waals surface area contributed by atoms with E-state index in [1.807, 2.05) is 54.6 Å². The third kappa shape index (κ3) is 8.77. The van der Waals surface area contributed by atoms with Crippen LogP contribution in [0.25, 0.3) is 0 Å². The number of aliphatic hydroxyl groups is 1. The Balaban J connectivity index is 0.000000241. The summed E-state index contributed by atoms with van der Waals surface area (Å²) in [6, 6.07) is 27.9. The van der Waals surface area contributed by atoms with Crippen LogP contribution in [0.2, 0.25) is 0 Å². The summed E-state index contributed by atoms with van der Waals surface area (Å²) in [7, 11) is 7.74. The molecule has 1 N–H and O–H groups in total. The summed E-state index contributed by atoms with van der Waals surface area (Å²) in [6.07, 6.45) is 1.74. The predicted octanol–water partition coefficient (Wildman–Crippen LogP) is 7.38. The van der Waals surface area contributed by atoms with Crippen LogP contribution in [0, 0.1) is 0 Å². The predicted molar refractivity (Wildman–Crippen MR) is 173 cm³/mol. The van der Waals surface area contributed by atoms with Crippen LogP contribution in [-0.2, 0) is 24.2 Å². The number of benzene rings is 4. The largest absolute Gasteiger partial charge is 0.493 e. The second-order valence-electron chi connectivity index (χ2n) is 10.5. The number of hydrogen-bond donors (Lipinski definition) is 1. The quantitative estimate of drug-likeness (QED) is 0.170. The Bertz CT molecular complexity index is 1470. The van der Waals surface area contributed by atoms with E-state index in [0.717, 1.165) is 29.5 Å². The van der Waals surface area contributed by atoms with E-state index in [2.05, 4.69) is 38.1 Å². The number of ether oxygens (including phenoxy) is 5. The van der Waals surface area contributed by atoms with Crippen molar-refractivity contribution in [1.29, 1.82) is 0 Å². The molecule has 0 saturated carbocycles. The fourth-order valence-electron chi connectivity index (χ4n) is 5.28. The van der Waals surface area contributed by atoms with Crippen LogP contribution < -0.4 is 18.9 Å². The Morgan fingerprint density at radius 3 is 1.45 bits per heavy atom. The van der Waals surface area contributed by atoms with Gasteiger partial charge in [0.05, 0.1) is 47.7 Å². The van der Waals surface area contributed by atoms with Crippen molar-refractivity contribution in [2.75, 3.05) is 35.5 Å². The summed E-state index contributed by atoms with van der Waals surface area (Å²) in [4.78, 5) is 12.1. The summed E-state index contributed by atoms with van der Waals surface area (Å²) in [6.45, 7) is 4.24. The molecule has 0 amide bonds. The van der Waals surface area contributed by atoms with E-state index in [-0.39, 0.29) is 24.4 Å². The van der Waals surface area contributed by atoms with Gasteiger partial charge in [0.1, 0.15) is 0 Å². The molecule has 0 radical (unpaired) electrons. The number of aliphatic hydroxyl groups excluding tert-OH is 1. The van der Waals surface area contributed by atoms with Gasteiger partial charge in [-0.1, -0.05) is 74.5 Å². The van der Waals surface area contributed by atoms with Crippen LogP contribution in [0.4, 0.5) is 0 Å². The first kappa shape index (κ1) is 34.0. The van der Waals surface area contributed by atoms with Crippen molar-refractivity contribution in [2.45, 2.75) is 45.1 Å². The molecule has 0 aliphatic rings. The average Bonchev–Trinajstić information content (AvgIpc) is 3.07. The minimum Gasteiger partial charge on any atom is -0.493 e. The number of carbonyl (C=O) groups excluding carboxylic acids is 1. The molecule has 0 heterocycles. The van der Waals surface area contributed by atoms with Gasteiger partial charge in [0.2, 0.25) is 0 Å². The molecule has 7 nitrogen and oxygen atoms in total. The monoisotopic (exact) mass is 600 g/mol. The zero-order valence-electron chi connectivity index (χ0n) is 26.8. The highest BCUT2D eigenvalue weighted by molar-refractivity contribution is 5.92. The molecule has 2 unspecified atom stereocenters. The number of methoxy groups -OCH3 is 5. The lowest BCUT2D eigenvalue weighted by atomic mass is 9.89. The molecular formula is C37H44O7. The van der Waals surface area contributed by atoms with E-state index in [1.165, 1.54) is 18.2 Å². The second-order valence-corrected chi connectivity index (χ2v) is 10.5. The second kappa shape index (κ2) is 17.0. The molecule has 0 aliphatic carbocycles. The number of carbonyl (C=O) groups is 1. The van der Waals surface area contributed by atoms with Gasteiger partial charge in [0.15, 0.2) is 23.0 Å². The van der Waals surface area contributed by atoms with Crippen LogP contribution >= 0.6 is 0 Å². The normalized spacial score (nSPS) is 11.8. The van der Waals surface area contributed by atoms with Crippen molar-refractivity contribution in [3.05, 3.63) is 118 Å². The molecule has 0 aliphatic heterocycles. The zero-order chi connectivity index (χ0) is 32.1. The Morgan fingerprint density at radius 1 is 0.614 bits per heavy atom. The SMILES string of the molecule is COC(=O)c1cc(OC)c(OC)cc1C(C)Cc1ccccc1.COc1cc(CO)c(C(C)Cc2ccccc2)cc1OC. The minimum absolute atomic E-state index is 0.00514. The maximum Gasteiger partial charge on any atom is 0.338 e. The summed E-state index contributed by atoms with van der Waals surface area (Å²) < 4.78 is 26.2. The molecule has 0 bridgehead atoms. The third-order valence-corrected chi connectivity index (χ3v) is 7.61. The highest BCUT2D eigenvalue weighted by Crippen LogP contribution is 2.36. The highest BCUT2D eigenvalue weighted by atomic mass is 16.5. The van der Waals surface area contributed by atoms with E-state index >= 15 is 0 Å². The van der Waals surface area contributed by atoms with Crippen molar-refractivity contribution < 1.29 is 33.6 Å². The van der Waals surface area contributed by atoms with Gasteiger partial charge in [-0.25, -0.2) is 4.79 Å². The third-order valence-electron chi connectivity index (χ3n) is 7.61. The topological polar surface area (TPSA) is 83.5 Å². The van der Waals surface area contributed by atoms with Gasteiger partial charge < -0.3 is 28.8 Å². The van der Waals surface area contributed by atoms with Gasteiger partial charge in [-0.15, -0.1) is 0 Å². The molecule has 2 atom stereocenters. The molecule has 0 spiro atoms. The van der Waals surface area contributed by atoms with E-state index in [9.17, 15) is 9.90 Å². The lowest BCUT2D eigenvalue weighted by Crippen LogP contribution is -2.10. The van der Waals surface area contributed by atoms with Gasteiger partial charge in [-0.2, -0.15) is 0 Å². The molecule has 44 heavy (non-hydrogen) atoms.